The van der Waals surface area contributed by atoms with Gasteiger partial charge in [-0.25, -0.2) is 0 Å². The quantitative estimate of drug-likeness (QED) is 0.830. The Balaban J connectivity index is 2.31. The summed E-state index contributed by atoms with van der Waals surface area (Å²) in [6, 6.07) is 11.6. The highest BCUT2D eigenvalue weighted by Crippen LogP contribution is 2.29. The van der Waals surface area contributed by atoms with Gasteiger partial charge in [0.15, 0.2) is 0 Å². The Hall–Kier alpha value is -1.70. The van der Waals surface area contributed by atoms with Crippen molar-refractivity contribution in [3.8, 4) is 5.75 Å². The third kappa shape index (κ3) is 2.52. The summed E-state index contributed by atoms with van der Waals surface area (Å²) in [5.41, 5.74) is 1.10. The van der Waals surface area contributed by atoms with Crippen molar-refractivity contribution in [2.45, 2.75) is 20.3 Å². The maximum Gasteiger partial charge on any atom is 0.123 e. The van der Waals surface area contributed by atoms with E-state index in [0.29, 0.717) is 11.7 Å². The number of benzene rings is 2. The van der Waals surface area contributed by atoms with E-state index in [2.05, 4.69) is 25.2 Å². The molecule has 1 atom stereocenters. The average molecular weight is 229 g/mol. The molecule has 0 amide bonds. The van der Waals surface area contributed by atoms with Crippen LogP contribution in [0, 0.1) is 5.92 Å². The molecule has 0 fully saturated rings. The van der Waals surface area contributed by atoms with Gasteiger partial charge >= 0.3 is 0 Å². The predicted octanol–water partition coefficient (Wildman–Crippen LogP) is 4.00. The van der Waals surface area contributed by atoms with Crippen LogP contribution in [0.25, 0.3) is 10.8 Å². The number of nitrogens with one attached hydrogen (secondary N) is 1. The zero-order chi connectivity index (χ0) is 12.3. The fraction of sp³-hybridized carbons (Fsp3) is 0.333. The summed E-state index contributed by atoms with van der Waals surface area (Å²) in [4.78, 5) is 0. The van der Waals surface area contributed by atoms with E-state index in [1.165, 1.54) is 6.42 Å². The smallest absolute Gasteiger partial charge is 0.123 e. The fourth-order valence-corrected chi connectivity index (χ4v) is 1.88. The Morgan fingerprint density at radius 2 is 1.82 bits per heavy atom. The van der Waals surface area contributed by atoms with Gasteiger partial charge in [0.25, 0.3) is 0 Å². The molecule has 0 aliphatic heterocycles. The van der Waals surface area contributed by atoms with Crippen molar-refractivity contribution in [1.29, 1.82) is 0 Å². The molecule has 0 saturated heterocycles. The lowest BCUT2D eigenvalue weighted by Gasteiger charge is -2.13. The first-order chi connectivity index (χ1) is 8.22. The Labute approximate surface area is 102 Å². The summed E-state index contributed by atoms with van der Waals surface area (Å²) < 4.78 is 0. The van der Waals surface area contributed by atoms with Crippen LogP contribution >= 0.6 is 0 Å². The monoisotopic (exact) mass is 229 g/mol. The third-order valence-electron chi connectivity index (χ3n) is 3.24. The minimum atomic E-state index is 0.342. The lowest BCUT2D eigenvalue weighted by Crippen LogP contribution is -2.10. The molecule has 0 radical (unpaired) electrons. The minimum Gasteiger partial charge on any atom is -0.507 e. The summed E-state index contributed by atoms with van der Waals surface area (Å²) in [7, 11) is 0. The third-order valence-corrected chi connectivity index (χ3v) is 3.24. The van der Waals surface area contributed by atoms with Crippen molar-refractivity contribution < 1.29 is 5.11 Å². The van der Waals surface area contributed by atoms with E-state index in [1.807, 2.05) is 24.3 Å². The highest BCUT2D eigenvalue weighted by Gasteiger charge is 2.04. The molecule has 0 aromatic heterocycles. The van der Waals surface area contributed by atoms with Gasteiger partial charge in [0.1, 0.15) is 5.75 Å². The largest absolute Gasteiger partial charge is 0.507 e. The number of hydrogen-bond acceptors (Lipinski definition) is 2. The molecular formula is C15H19NO. The first kappa shape index (κ1) is 11.8. The van der Waals surface area contributed by atoms with Crippen LogP contribution < -0.4 is 5.32 Å². The van der Waals surface area contributed by atoms with Crippen molar-refractivity contribution in [2.75, 3.05) is 11.9 Å². The summed E-state index contributed by atoms with van der Waals surface area (Å²) in [6.07, 6.45) is 1.17. The zero-order valence-electron chi connectivity index (χ0n) is 10.4. The van der Waals surface area contributed by atoms with Crippen LogP contribution in [0.4, 0.5) is 5.69 Å². The van der Waals surface area contributed by atoms with Gasteiger partial charge in [0, 0.05) is 23.0 Å². The summed E-state index contributed by atoms with van der Waals surface area (Å²) in [5, 5.41) is 15.2. The van der Waals surface area contributed by atoms with Gasteiger partial charge in [-0.2, -0.15) is 0 Å². The molecule has 2 nitrogen and oxygen atoms in total. The van der Waals surface area contributed by atoms with Crippen molar-refractivity contribution in [3.05, 3.63) is 36.4 Å². The first-order valence-corrected chi connectivity index (χ1v) is 6.17. The highest BCUT2D eigenvalue weighted by atomic mass is 16.3. The van der Waals surface area contributed by atoms with E-state index in [9.17, 15) is 5.11 Å². The molecule has 1 unspecified atom stereocenters. The predicted molar refractivity (Wildman–Crippen MR) is 73.6 cm³/mol. The van der Waals surface area contributed by atoms with Gasteiger partial charge in [-0.3, -0.25) is 0 Å². The number of hydrogen-bond donors (Lipinski definition) is 2. The highest BCUT2D eigenvalue weighted by molar-refractivity contribution is 5.97. The maximum absolute atomic E-state index is 9.79. The van der Waals surface area contributed by atoms with Crippen LogP contribution in [0.2, 0.25) is 0 Å². The molecule has 0 spiro atoms. The molecule has 0 aliphatic carbocycles. The number of fused-ring (bicyclic) bond motifs is 1. The number of aromatic hydroxyl groups is 1. The molecule has 2 aromatic carbocycles. The van der Waals surface area contributed by atoms with Crippen LogP contribution in [0.5, 0.6) is 5.75 Å². The minimum absolute atomic E-state index is 0.342. The number of phenolic OH excluding ortho intramolecular Hbond substituents is 1. The van der Waals surface area contributed by atoms with Gasteiger partial charge in [-0.05, 0) is 18.1 Å². The van der Waals surface area contributed by atoms with Crippen LogP contribution in [0.15, 0.2) is 36.4 Å². The Bertz CT molecular complexity index is 507. The van der Waals surface area contributed by atoms with E-state index >= 15 is 0 Å². The number of phenols is 1. The van der Waals surface area contributed by atoms with E-state index in [4.69, 9.17) is 0 Å². The maximum atomic E-state index is 9.79. The van der Waals surface area contributed by atoms with Crippen molar-refractivity contribution in [2.24, 2.45) is 5.92 Å². The van der Waals surface area contributed by atoms with Crippen molar-refractivity contribution >= 4 is 16.5 Å². The molecule has 0 aliphatic rings. The molecule has 0 heterocycles. The Morgan fingerprint density at radius 3 is 2.59 bits per heavy atom. The lowest BCUT2D eigenvalue weighted by atomic mass is 10.1. The van der Waals surface area contributed by atoms with Gasteiger partial charge in [0.2, 0.25) is 0 Å². The summed E-state index contributed by atoms with van der Waals surface area (Å²) in [6.45, 7) is 5.39. The lowest BCUT2D eigenvalue weighted by molar-refractivity contribution is 0.481. The van der Waals surface area contributed by atoms with E-state index in [-0.39, 0.29) is 0 Å². The van der Waals surface area contributed by atoms with E-state index in [1.54, 1.807) is 6.07 Å². The number of rotatable bonds is 4. The number of anilines is 1. The van der Waals surface area contributed by atoms with Crippen LogP contribution in [-0.4, -0.2) is 11.7 Å². The van der Waals surface area contributed by atoms with E-state index < -0.39 is 0 Å². The Kier molecular flexibility index (Phi) is 3.52. The average Bonchev–Trinajstić information content (AvgIpc) is 2.36. The fourth-order valence-electron chi connectivity index (χ4n) is 1.88. The van der Waals surface area contributed by atoms with Gasteiger partial charge in [-0.15, -0.1) is 0 Å². The molecule has 2 heteroatoms. The van der Waals surface area contributed by atoms with Gasteiger partial charge < -0.3 is 10.4 Å². The van der Waals surface area contributed by atoms with Crippen molar-refractivity contribution in [3.63, 3.8) is 0 Å². The van der Waals surface area contributed by atoms with Crippen molar-refractivity contribution in [1.82, 2.24) is 0 Å². The SMILES string of the molecule is CCC(C)CNc1cccc2c(O)cccc12. The summed E-state index contributed by atoms with van der Waals surface area (Å²) in [5.74, 6) is 0.997. The van der Waals surface area contributed by atoms with Gasteiger partial charge in [-0.1, -0.05) is 44.5 Å². The standard InChI is InChI=1S/C15H19NO/c1-3-11(2)10-16-14-8-4-7-13-12(14)6-5-9-15(13)17/h4-9,11,16-17H,3,10H2,1-2H3. The second-order valence-corrected chi connectivity index (χ2v) is 4.57. The second-order valence-electron chi connectivity index (χ2n) is 4.57. The molecule has 2 N–H and O–H groups in total. The second kappa shape index (κ2) is 5.09. The van der Waals surface area contributed by atoms with Crippen LogP contribution in [-0.2, 0) is 0 Å². The zero-order valence-corrected chi connectivity index (χ0v) is 10.4. The normalized spacial score (nSPS) is 12.6. The molecule has 90 valence electrons. The first-order valence-electron chi connectivity index (χ1n) is 6.17. The molecule has 2 aromatic rings. The van der Waals surface area contributed by atoms with E-state index in [0.717, 1.165) is 23.0 Å². The molecule has 0 saturated carbocycles. The topological polar surface area (TPSA) is 32.3 Å². The van der Waals surface area contributed by atoms with Crippen LogP contribution in [0.3, 0.4) is 0 Å². The summed E-state index contributed by atoms with van der Waals surface area (Å²) >= 11 is 0. The molecule has 0 bridgehead atoms. The van der Waals surface area contributed by atoms with Gasteiger partial charge in [0.05, 0.1) is 0 Å². The molecule has 2 rings (SSSR count). The molecule has 17 heavy (non-hydrogen) atoms. The molecular weight excluding hydrogens is 210 g/mol. The van der Waals surface area contributed by atoms with Crippen LogP contribution in [0.1, 0.15) is 20.3 Å². The Morgan fingerprint density at radius 1 is 1.12 bits per heavy atom.